The van der Waals surface area contributed by atoms with E-state index in [1.165, 1.54) is 16.7 Å². The van der Waals surface area contributed by atoms with Crippen LogP contribution in [0.5, 0.6) is 0 Å². The molecule has 0 heterocycles. The monoisotopic (exact) mass is 425 g/mol. The largest absolute Gasteiger partial charge is 0.331 e. The van der Waals surface area contributed by atoms with Crippen LogP contribution in [0, 0.1) is 6.92 Å². The zero-order valence-electron chi connectivity index (χ0n) is 17.7. The van der Waals surface area contributed by atoms with Crippen LogP contribution in [0.15, 0.2) is 48.5 Å². The summed E-state index contributed by atoms with van der Waals surface area (Å²) in [5.41, 5.74) is 4.77. The fraction of sp³-hybridized carbons (Fsp3) is 0.480. The highest BCUT2D eigenvalue weighted by Gasteiger charge is 2.33. The molecule has 2 aliphatic carbocycles. The summed E-state index contributed by atoms with van der Waals surface area (Å²) in [6.07, 6.45) is 5.39. The minimum atomic E-state index is -3.20. The van der Waals surface area contributed by atoms with Crippen LogP contribution in [0.1, 0.15) is 66.8 Å². The second-order valence-electron chi connectivity index (χ2n) is 8.78. The summed E-state index contributed by atoms with van der Waals surface area (Å²) in [5, 5.41) is -0.247. The Bertz CT molecular complexity index is 991. The van der Waals surface area contributed by atoms with Crippen LogP contribution >= 0.6 is 0 Å². The highest BCUT2D eigenvalue weighted by molar-refractivity contribution is 7.92. The summed E-state index contributed by atoms with van der Waals surface area (Å²) < 4.78 is 25.4. The molecule has 1 fully saturated rings. The molecule has 0 spiro atoms. The molecule has 1 saturated carbocycles. The van der Waals surface area contributed by atoms with E-state index in [0.29, 0.717) is 6.54 Å². The Morgan fingerprint density at radius 1 is 1.00 bits per heavy atom. The lowest BCUT2D eigenvalue weighted by Crippen LogP contribution is -2.35. The molecule has 1 atom stereocenters. The summed E-state index contributed by atoms with van der Waals surface area (Å²) in [4.78, 5) is 15.3. The first-order valence-corrected chi connectivity index (χ1v) is 12.8. The van der Waals surface area contributed by atoms with Crippen LogP contribution in [-0.4, -0.2) is 30.2 Å². The van der Waals surface area contributed by atoms with Crippen molar-refractivity contribution in [3.63, 3.8) is 0 Å². The van der Waals surface area contributed by atoms with Gasteiger partial charge in [0, 0.05) is 13.0 Å². The fourth-order valence-electron chi connectivity index (χ4n) is 4.91. The summed E-state index contributed by atoms with van der Waals surface area (Å²) in [5.74, 6) is -0.0891. The van der Waals surface area contributed by atoms with Crippen LogP contribution in [0.3, 0.4) is 0 Å². The van der Waals surface area contributed by atoms with Gasteiger partial charge in [-0.3, -0.25) is 4.79 Å². The Hall–Kier alpha value is -2.14. The van der Waals surface area contributed by atoms with Gasteiger partial charge < -0.3 is 4.90 Å². The van der Waals surface area contributed by atoms with Gasteiger partial charge >= 0.3 is 0 Å². The molecule has 0 bridgehead atoms. The Morgan fingerprint density at radius 2 is 1.70 bits per heavy atom. The van der Waals surface area contributed by atoms with Gasteiger partial charge in [0.05, 0.1) is 17.0 Å². The molecule has 0 aromatic heterocycles. The molecule has 1 amide bonds. The maximum atomic E-state index is 13.3. The third-order valence-corrected chi connectivity index (χ3v) is 8.94. The SMILES string of the molecule is Cc1ccc(CN(C(=O)CCS(=O)(=O)C2CCCC2)C2CCc3ccccc32)cc1. The number of rotatable bonds is 7. The van der Waals surface area contributed by atoms with Gasteiger partial charge in [-0.15, -0.1) is 0 Å². The Kier molecular flexibility index (Phi) is 6.28. The van der Waals surface area contributed by atoms with Crippen molar-refractivity contribution < 1.29 is 13.2 Å². The lowest BCUT2D eigenvalue weighted by atomic mass is 10.0. The van der Waals surface area contributed by atoms with Crippen molar-refractivity contribution in [1.29, 1.82) is 0 Å². The molecule has 160 valence electrons. The van der Waals surface area contributed by atoms with Crippen molar-refractivity contribution in [3.8, 4) is 0 Å². The number of amides is 1. The van der Waals surface area contributed by atoms with E-state index in [9.17, 15) is 13.2 Å². The molecule has 0 aliphatic heterocycles. The summed E-state index contributed by atoms with van der Waals surface area (Å²) in [7, 11) is -3.20. The molecule has 2 aromatic rings. The number of carbonyl (C=O) groups is 1. The number of fused-ring (bicyclic) bond motifs is 1. The predicted molar refractivity (Wildman–Crippen MR) is 120 cm³/mol. The molecule has 4 nitrogen and oxygen atoms in total. The number of hydrogen-bond donors (Lipinski definition) is 0. The number of benzene rings is 2. The smallest absolute Gasteiger partial charge is 0.224 e. The molecular formula is C25H31NO3S. The van der Waals surface area contributed by atoms with E-state index in [-0.39, 0.29) is 29.4 Å². The standard InChI is InChI=1S/C25H31NO3S/c1-19-10-12-20(13-11-19)18-26(24-15-14-21-6-2-5-9-23(21)24)25(27)16-17-30(28,29)22-7-3-4-8-22/h2,5-6,9-13,22,24H,3-4,7-8,14-18H2,1H3. The molecule has 2 aromatic carbocycles. The third kappa shape index (κ3) is 4.61. The molecule has 4 rings (SSSR count). The average molecular weight is 426 g/mol. The molecule has 0 radical (unpaired) electrons. The Labute approximate surface area is 180 Å². The van der Waals surface area contributed by atoms with Gasteiger partial charge in [-0.25, -0.2) is 8.42 Å². The molecule has 2 aliphatic rings. The van der Waals surface area contributed by atoms with Crippen LogP contribution in [-0.2, 0) is 27.6 Å². The average Bonchev–Trinajstić information content (AvgIpc) is 3.42. The topological polar surface area (TPSA) is 54.5 Å². The number of aryl methyl sites for hydroxylation is 2. The second-order valence-corrected chi connectivity index (χ2v) is 11.2. The van der Waals surface area contributed by atoms with Gasteiger partial charge in [-0.1, -0.05) is 66.9 Å². The molecule has 1 unspecified atom stereocenters. The first kappa shape index (κ1) is 21.1. The normalized spacial score (nSPS) is 19.0. The predicted octanol–water partition coefficient (Wildman–Crippen LogP) is 4.76. The number of hydrogen-bond acceptors (Lipinski definition) is 3. The number of nitrogens with zero attached hydrogens (tertiary/aromatic N) is 1. The van der Waals surface area contributed by atoms with Gasteiger partial charge in [0.2, 0.25) is 5.91 Å². The minimum absolute atomic E-state index is 0.0178. The van der Waals surface area contributed by atoms with E-state index in [2.05, 4.69) is 36.4 Å². The zero-order chi connectivity index (χ0) is 21.1. The van der Waals surface area contributed by atoms with Gasteiger partial charge in [-0.2, -0.15) is 0 Å². The molecule has 30 heavy (non-hydrogen) atoms. The van der Waals surface area contributed by atoms with E-state index in [1.54, 1.807) is 0 Å². The van der Waals surface area contributed by atoms with Gasteiger partial charge in [0.1, 0.15) is 0 Å². The highest BCUT2D eigenvalue weighted by atomic mass is 32.2. The zero-order valence-corrected chi connectivity index (χ0v) is 18.5. The van der Waals surface area contributed by atoms with Crippen LogP contribution in [0.2, 0.25) is 0 Å². The van der Waals surface area contributed by atoms with E-state index in [0.717, 1.165) is 44.1 Å². The summed E-state index contributed by atoms with van der Waals surface area (Å²) in [6, 6.07) is 16.6. The molecular weight excluding hydrogens is 394 g/mol. The molecule has 5 heteroatoms. The number of carbonyl (C=O) groups excluding carboxylic acids is 1. The summed E-state index contributed by atoms with van der Waals surface area (Å²) >= 11 is 0. The highest BCUT2D eigenvalue weighted by Crippen LogP contribution is 2.37. The second kappa shape index (κ2) is 8.93. The van der Waals surface area contributed by atoms with Gasteiger partial charge in [-0.05, 0) is 49.3 Å². The van der Waals surface area contributed by atoms with E-state index >= 15 is 0 Å². The fourth-order valence-corrected chi connectivity index (χ4v) is 6.75. The Balaban J connectivity index is 1.53. The maximum absolute atomic E-state index is 13.3. The number of sulfone groups is 1. The van der Waals surface area contributed by atoms with Crippen molar-refractivity contribution >= 4 is 15.7 Å². The minimum Gasteiger partial charge on any atom is -0.331 e. The van der Waals surface area contributed by atoms with Crippen LogP contribution in [0.4, 0.5) is 0 Å². The quantitative estimate of drug-likeness (QED) is 0.643. The van der Waals surface area contributed by atoms with Crippen molar-refractivity contribution in [2.24, 2.45) is 0 Å². The van der Waals surface area contributed by atoms with Crippen molar-refractivity contribution in [1.82, 2.24) is 4.90 Å². The van der Waals surface area contributed by atoms with Gasteiger partial charge in [0.15, 0.2) is 9.84 Å². The Morgan fingerprint density at radius 3 is 2.43 bits per heavy atom. The van der Waals surface area contributed by atoms with E-state index < -0.39 is 9.84 Å². The van der Waals surface area contributed by atoms with Crippen LogP contribution < -0.4 is 0 Å². The first-order valence-electron chi connectivity index (χ1n) is 11.1. The van der Waals surface area contributed by atoms with E-state index in [4.69, 9.17) is 0 Å². The van der Waals surface area contributed by atoms with Gasteiger partial charge in [0.25, 0.3) is 0 Å². The molecule has 0 N–H and O–H groups in total. The van der Waals surface area contributed by atoms with Crippen molar-refractivity contribution in [2.75, 3.05) is 5.75 Å². The van der Waals surface area contributed by atoms with Crippen molar-refractivity contribution in [2.45, 2.75) is 69.7 Å². The lowest BCUT2D eigenvalue weighted by molar-refractivity contribution is -0.134. The molecule has 0 saturated heterocycles. The maximum Gasteiger partial charge on any atom is 0.224 e. The summed E-state index contributed by atoms with van der Waals surface area (Å²) in [6.45, 7) is 2.56. The third-order valence-electron chi connectivity index (χ3n) is 6.68. The lowest BCUT2D eigenvalue weighted by Gasteiger charge is -2.30. The van der Waals surface area contributed by atoms with Crippen molar-refractivity contribution in [3.05, 3.63) is 70.8 Å². The van der Waals surface area contributed by atoms with Crippen LogP contribution in [0.25, 0.3) is 0 Å². The first-order chi connectivity index (χ1) is 14.4. The van der Waals surface area contributed by atoms with E-state index in [1.807, 2.05) is 24.0 Å².